The van der Waals surface area contributed by atoms with Gasteiger partial charge in [0.15, 0.2) is 9.84 Å². The van der Waals surface area contributed by atoms with Gasteiger partial charge in [0.25, 0.3) is 0 Å². The summed E-state index contributed by atoms with van der Waals surface area (Å²) in [4.78, 5) is 17.6. The molecule has 2 rings (SSSR count). The van der Waals surface area contributed by atoms with Crippen LogP contribution in [-0.4, -0.2) is 74.3 Å². The second-order valence-electron chi connectivity index (χ2n) is 5.95. The van der Waals surface area contributed by atoms with Crippen LogP contribution in [0.4, 0.5) is 0 Å². The zero-order valence-electron chi connectivity index (χ0n) is 13.6. The zero-order chi connectivity index (χ0) is 18.0. The molecule has 1 saturated heterocycles. The average molecular weight is 375 g/mol. The highest BCUT2D eigenvalue weighted by atomic mass is 32.2. The van der Waals surface area contributed by atoms with Crippen LogP contribution in [0.2, 0.25) is 0 Å². The average Bonchev–Trinajstić information content (AvgIpc) is 2.86. The van der Waals surface area contributed by atoms with Gasteiger partial charge in [0, 0.05) is 32.0 Å². The topological polar surface area (TPSA) is 105 Å². The lowest BCUT2D eigenvalue weighted by molar-refractivity contribution is -0.131. The van der Waals surface area contributed by atoms with E-state index >= 15 is 0 Å². The smallest absolute Gasteiger partial charge is 0.237 e. The number of pyridine rings is 1. The minimum atomic E-state index is -3.59. The number of aromatic nitrogens is 1. The summed E-state index contributed by atoms with van der Waals surface area (Å²) in [5, 5.41) is 0. The Hall–Kier alpha value is -1.52. The Balaban J connectivity index is 2.07. The molecule has 0 N–H and O–H groups in total. The molecule has 1 amide bonds. The molecule has 1 aromatic heterocycles. The fourth-order valence-electron chi connectivity index (χ4n) is 2.53. The number of nitrogens with zero attached hydrogens (tertiary/aromatic N) is 3. The lowest BCUT2D eigenvalue weighted by Crippen LogP contribution is -2.45. The highest BCUT2D eigenvalue weighted by molar-refractivity contribution is 7.91. The molecule has 10 heteroatoms. The van der Waals surface area contributed by atoms with Crippen LogP contribution >= 0.6 is 0 Å². The van der Waals surface area contributed by atoms with Crippen LogP contribution in [0.3, 0.4) is 0 Å². The first-order chi connectivity index (χ1) is 11.1. The summed E-state index contributed by atoms with van der Waals surface area (Å²) in [6.45, 7) is -0.266. The lowest BCUT2D eigenvalue weighted by Gasteiger charge is -2.27. The Bertz CT molecular complexity index is 793. The Morgan fingerprint density at radius 2 is 1.96 bits per heavy atom. The first-order valence-corrected chi connectivity index (χ1v) is 11.1. The van der Waals surface area contributed by atoms with Crippen LogP contribution in [0.25, 0.3) is 0 Å². The molecule has 0 aromatic carbocycles. The normalized spacial score (nSPS) is 20.2. The number of hydrogen-bond acceptors (Lipinski definition) is 6. The van der Waals surface area contributed by atoms with Gasteiger partial charge in [0.05, 0.1) is 24.3 Å². The van der Waals surface area contributed by atoms with Crippen LogP contribution < -0.4 is 0 Å². The third-order valence-corrected chi connectivity index (χ3v) is 6.99. The molecule has 1 atom stereocenters. The van der Waals surface area contributed by atoms with E-state index in [4.69, 9.17) is 0 Å². The van der Waals surface area contributed by atoms with E-state index in [1.807, 2.05) is 0 Å². The summed E-state index contributed by atoms with van der Waals surface area (Å²) in [6, 6.07) is 2.95. The van der Waals surface area contributed by atoms with E-state index in [1.54, 1.807) is 24.5 Å². The van der Waals surface area contributed by atoms with Crippen LogP contribution in [0.15, 0.2) is 24.5 Å². The molecule has 0 saturated carbocycles. The first-order valence-electron chi connectivity index (χ1n) is 7.38. The van der Waals surface area contributed by atoms with Gasteiger partial charge in [-0.3, -0.25) is 9.78 Å². The quantitative estimate of drug-likeness (QED) is 0.663. The van der Waals surface area contributed by atoms with E-state index < -0.39 is 31.8 Å². The Morgan fingerprint density at radius 1 is 1.33 bits per heavy atom. The van der Waals surface area contributed by atoms with Crippen molar-refractivity contribution in [3.63, 3.8) is 0 Å². The predicted octanol–water partition coefficient (Wildman–Crippen LogP) is -0.511. The summed E-state index contributed by atoms with van der Waals surface area (Å²) >= 11 is 0. The fraction of sp³-hybridized carbons (Fsp3) is 0.571. The van der Waals surface area contributed by atoms with E-state index in [1.165, 1.54) is 11.9 Å². The standard InChI is InChI=1S/C14H21N3O5S2/c1-16(13-5-8-24(21,22)11-13)14(18)10-17(23(2,19)20)9-12-3-6-15-7-4-12/h3-4,6-7,13H,5,8-11H2,1-2H3. The van der Waals surface area contributed by atoms with Gasteiger partial charge in [-0.25, -0.2) is 16.8 Å². The third kappa shape index (κ3) is 4.99. The van der Waals surface area contributed by atoms with Gasteiger partial charge in [-0.2, -0.15) is 4.31 Å². The fourth-order valence-corrected chi connectivity index (χ4v) is 5.03. The monoisotopic (exact) mass is 375 g/mol. The van der Waals surface area contributed by atoms with Crippen molar-refractivity contribution in [2.45, 2.75) is 19.0 Å². The van der Waals surface area contributed by atoms with Crippen molar-refractivity contribution in [1.29, 1.82) is 0 Å². The number of rotatable bonds is 6. The highest BCUT2D eigenvalue weighted by Gasteiger charge is 2.33. The first kappa shape index (κ1) is 18.8. The van der Waals surface area contributed by atoms with E-state index in [2.05, 4.69) is 4.98 Å². The Kier molecular flexibility index (Phi) is 5.61. The van der Waals surface area contributed by atoms with E-state index in [0.717, 1.165) is 10.6 Å². The SMILES string of the molecule is CN(C(=O)CN(Cc1ccncc1)S(C)(=O)=O)C1CCS(=O)(=O)C1. The molecule has 1 unspecified atom stereocenters. The van der Waals surface area contributed by atoms with Gasteiger partial charge >= 0.3 is 0 Å². The maximum atomic E-state index is 12.4. The van der Waals surface area contributed by atoms with Gasteiger partial charge in [0.1, 0.15) is 0 Å². The maximum Gasteiger partial charge on any atom is 0.237 e. The van der Waals surface area contributed by atoms with Crippen LogP contribution in [0.1, 0.15) is 12.0 Å². The van der Waals surface area contributed by atoms with Crippen LogP contribution in [0.5, 0.6) is 0 Å². The van der Waals surface area contributed by atoms with Gasteiger partial charge in [-0.05, 0) is 24.1 Å². The van der Waals surface area contributed by atoms with Crippen molar-refractivity contribution in [3.05, 3.63) is 30.1 Å². The number of carbonyl (C=O) groups is 1. The van der Waals surface area contributed by atoms with Gasteiger partial charge in [-0.15, -0.1) is 0 Å². The van der Waals surface area contributed by atoms with Crippen molar-refractivity contribution < 1.29 is 21.6 Å². The van der Waals surface area contributed by atoms with Gasteiger partial charge in [0.2, 0.25) is 15.9 Å². The largest absolute Gasteiger partial charge is 0.341 e. The number of likely N-dealkylation sites (N-methyl/N-ethyl adjacent to an activating group) is 1. The minimum Gasteiger partial charge on any atom is -0.341 e. The molecule has 0 aliphatic carbocycles. The molecule has 8 nitrogen and oxygen atoms in total. The number of sulfone groups is 1. The molecule has 1 aromatic rings. The molecule has 1 fully saturated rings. The molecule has 0 bridgehead atoms. The molecular weight excluding hydrogens is 354 g/mol. The summed E-state index contributed by atoms with van der Waals surface area (Å²) in [5.41, 5.74) is 0.717. The second-order valence-corrected chi connectivity index (χ2v) is 10.2. The van der Waals surface area contributed by atoms with Crippen molar-refractivity contribution in [1.82, 2.24) is 14.2 Å². The Labute approximate surface area is 142 Å². The zero-order valence-corrected chi connectivity index (χ0v) is 15.3. The van der Waals surface area contributed by atoms with E-state index in [0.29, 0.717) is 12.0 Å². The second kappa shape index (κ2) is 7.16. The molecule has 0 radical (unpaired) electrons. The van der Waals surface area contributed by atoms with Gasteiger partial charge < -0.3 is 4.90 Å². The van der Waals surface area contributed by atoms with E-state index in [-0.39, 0.29) is 24.6 Å². The van der Waals surface area contributed by atoms with Crippen LogP contribution in [-0.2, 0) is 31.2 Å². The van der Waals surface area contributed by atoms with Crippen LogP contribution in [0, 0.1) is 0 Å². The lowest BCUT2D eigenvalue weighted by atomic mass is 10.2. The van der Waals surface area contributed by atoms with Crippen molar-refractivity contribution in [2.24, 2.45) is 0 Å². The molecular formula is C14H21N3O5S2. The minimum absolute atomic E-state index is 0.0576. The predicted molar refractivity (Wildman–Crippen MR) is 89.3 cm³/mol. The Morgan fingerprint density at radius 3 is 2.46 bits per heavy atom. The summed E-state index contributed by atoms with van der Waals surface area (Å²) in [5.74, 6) is -0.433. The van der Waals surface area contributed by atoms with Crippen molar-refractivity contribution in [3.8, 4) is 0 Å². The highest BCUT2D eigenvalue weighted by Crippen LogP contribution is 2.17. The molecule has 134 valence electrons. The third-order valence-electron chi connectivity index (χ3n) is 4.04. The number of sulfonamides is 1. The van der Waals surface area contributed by atoms with Gasteiger partial charge in [-0.1, -0.05) is 0 Å². The summed E-state index contributed by atoms with van der Waals surface area (Å²) in [6.07, 6.45) is 4.52. The van der Waals surface area contributed by atoms with E-state index in [9.17, 15) is 21.6 Å². The number of hydrogen-bond donors (Lipinski definition) is 0. The summed E-state index contributed by atoms with van der Waals surface area (Å²) < 4.78 is 48.1. The maximum absolute atomic E-state index is 12.4. The molecule has 2 heterocycles. The van der Waals surface area contributed by atoms with Crippen molar-refractivity contribution >= 4 is 25.8 Å². The van der Waals surface area contributed by atoms with Crippen molar-refractivity contribution in [2.75, 3.05) is 31.4 Å². The molecule has 1 aliphatic heterocycles. The molecule has 0 spiro atoms. The molecule has 1 aliphatic rings. The number of carbonyl (C=O) groups excluding carboxylic acids is 1. The summed E-state index contributed by atoms with van der Waals surface area (Å²) in [7, 11) is -5.19. The number of amides is 1. The molecule has 24 heavy (non-hydrogen) atoms.